The minimum absolute atomic E-state index is 0.121. The van der Waals surface area contributed by atoms with Crippen LogP contribution in [0.5, 0.6) is 0 Å². The van der Waals surface area contributed by atoms with Gasteiger partial charge in [-0.3, -0.25) is 10.1 Å². The average Bonchev–Trinajstić information content (AvgIpc) is 2.55. The third kappa shape index (κ3) is 4.43. The van der Waals surface area contributed by atoms with Gasteiger partial charge in [0, 0.05) is 25.2 Å². The Kier molecular flexibility index (Phi) is 5.54. The molecule has 0 heterocycles. The maximum Gasteiger partial charge on any atom is 0.322 e. The van der Waals surface area contributed by atoms with Crippen LogP contribution >= 0.6 is 11.6 Å². The zero-order valence-corrected chi connectivity index (χ0v) is 13.3. The Labute approximate surface area is 138 Å². The summed E-state index contributed by atoms with van der Waals surface area (Å²) >= 11 is 5.99. The number of amides is 2. The summed E-state index contributed by atoms with van der Waals surface area (Å²) in [4.78, 5) is 24.1. The van der Waals surface area contributed by atoms with Crippen molar-refractivity contribution >= 4 is 29.0 Å². The summed E-state index contributed by atoms with van der Waals surface area (Å²) in [5.41, 5.74) is 1.23. The van der Waals surface area contributed by atoms with Crippen LogP contribution in [0.15, 0.2) is 48.5 Å². The van der Waals surface area contributed by atoms with E-state index in [1.165, 1.54) is 18.2 Å². The van der Waals surface area contributed by atoms with Gasteiger partial charge in [0.05, 0.1) is 15.6 Å². The predicted molar refractivity (Wildman–Crippen MR) is 89.7 cm³/mol. The molecule has 0 saturated carbocycles. The first-order valence-electron chi connectivity index (χ1n) is 7.05. The second kappa shape index (κ2) is 7.60. The maximum absolute atomic E-state index is 12.3. The molecule has 1 N–H and O–H groups in total. The number of hydrogen-bond acceptors (Lipinski definition) is 3. The summed E-state index contributed by atoms with van der Waals surface area (Å²) < 4.78 is 0. The SMILES string of the molecule is CCN(Cc1ccccc1)C(=O)Nc1ccc([N+](=O)[O-])cc1Cl. The molecule has 120 valence electrons. The number of hydrogen-bond donors (Lipinski definition) is 1. The van der Waals surface area contributed by atoms with Crippen molar-refractivity contribution in [1.82, 2.24) is 4.90 Å². The van der Waals surface area contributed by atoms with E-state index < -0.39 is 4.92 Å². The molecule has 2 amide bonds. The molecule has 0 aromatic heterocycles. The number of benzene rings is 2. The van der Waals surface area contributed by atoms with Crippen LogP contribution in [0.4, 0.5) is 16.2 Å². The molecule has 0 radical (unpaired) electrons. The Morgan fingerprint density at radius 3 is 2.52 bits per heavy atom. The standard InChI is InChI=1S/C16H16ClN3O3/c1-2-19(11-12-6-4-3-5-7-12)16(21)18-15-9-8-13(20(22)23)10-14(15)17/h3-10H,2,11H2,1H3,(H,18,21). The zero-order valence-electron chi connectivity index (χ0n) is 12.5. The molecule has 2 rings (SSSR count). The highest BCUT2D eigenvalue weighted by Crippen LogP contribution is 2.26. The number of halogens is 1. The van der Waals surface area contributed by atoms with Crippen molar-refractivity contribution in [2.75, 3.05) is 11.9 Å². The fourth-order valence-corrected chi connectivity index (χ4v) is 2.27. The van der Waals surface area contributed by atoms with Crippen molar-refractivity contribution < 1.29 is 9.72 Å². The van der Waals surface area contributed by atoms with E-state index in [4.69, 9.17) is 11.6 Å². The lowest BCUT2D eigenvalue weighted by molar-refractivity contribution is -0.384. The molecule has 2 aromatic carbocycles. The predicted octanol–water partition coefficient (Wildman–Crippen LogP) is 4.30. The van der Waals surface area contributed by atoms with E-state index in [0.717, 1.165) is 5.56 Å². The number of nitro benzene ring substituents is 1. The topological polar surface area (TPSA) is 75.5 Å². The lowest BCUT2D eigenvalue weighted by Crippen LogP contribution is -2.34. The van der Waals surface area contributed by atoms with E-state index in [2.05, 4.69) is 5.32 Å². The van der Waals surface area contributed by atoms with E-state index in [1.54, 1.807) is 4.90 Å². The van der Waals surface area contributed by atoms with Crippen LogP contribution in [-0.4, -0.2) is 22.4 Å². The highest BCUT2D eigenvalue weighted by Gasteiger charge is 2.15. The minimum Gasteiger partial charge on any atom is -0.320 e. The third-order valence-corrected chi connectivity index (χ3v) is 3.60. The number of rotatable bonds is 5. The molecular formula is C16H16ClN3O3. The van der Waals surface area contributed by atoms with Gasteiger partial charge in [-0.15, -0.1) is 0 Å². The molecule has 0 spiro atoms. The molecule has 0 fully saturated rings. The molecule has 0 aliphatic rings. The van der Waals surface area contributed by atoms with Gasteiger partial charge in [0.25, 0.3) is 5.69 Å². The van der Waals surface area contributed by atoms with Gasteiger partial charge < -0.3 is 10.2 Å². The Morgan fingerprint density at radius 2 is 1.96 bits per heavy atom. The van der Waals surface area contributed by atoms with Gasteiger partial charge in [-0.1, -0.05) is 41.9 Å². The van der Waals surface area contributed by atoms with E-state index in [9.17, 15) is 14.9 Å². The molecule has 0 aliphatic carbocycles. The molecule has 6 nitrogen and oxygen atoms in total. The van der Waals surface area contributed by atoms with E-state index in [1.807, 2.05) is 37.3 Å². The number of carbonyl (C=O) groups is 1. The Morgan fingerprint density at radius 1 is 1.26 bits per heavy atom. The van der Waals surface area contributed by atoms with E-state index >= 15 is 0 Å². The van der Waals surface area contributed by atoms with Crippen LogP contribution in [0.3, 0.4) is 0 Å². The number of non-ortho nitro benzene ring substituents is 1. The Balaban J connectivity index is 2.09. The quantitative estimate of drug-likeness (QED) is 0.654. The summed E-state index contributed by atoms with van der Waals surface area (Å²) in [5.74, 6) is 0. The van der Waals surface area contributed by atoms with Crippen molar-refractivity contribution in [1.29, 1.82) is 0 Å². The molecule has 2 aromatic rings. The second-order valence-corrected chi connectivity index (χ2v) is 5.26. The van der Waals surface area contributed by atoms with Gasteiger partial charge in [0.15, 0.2) is 0 Å². The van der Waals surface area contributed by atoms with Crippen molar-refractivity contribution in [3.05, 3.63) is 69.2 Å². The summed E-state index contributed by atoms with van der Waals surface area (Å²) in [5, 5.41) is 13.5. The van der Waals surface area contributed by atoms with Crippen molar-refractivity contribution in [3.63, 3.8) is 0 Å². The summed E-state index contributed by atoms with van der Waals surface area (Å²) in [6.07, 6.45) is 0. The Hall–Kier alpha value is -2.60. The lowest BCUT2D eigenvalue weighted by atomic mass is 10.2. The van der Waals surface area contributed by atoms with Gasteiger partial charge in [0.1, 0.15) is 0 Å². The van der Waals surface area contributed by atoms with Gasteiger partial charge in [-0.05, 0) is 18.6 Å². The Bertz CT molecular complexity index is 707. The van der Waals surface area contributed by atoms with Gasteiger partial charge in [0.2, 0.25) is 0 Å². The zero-order chi connectivity index (χ0) is 16.8. The van der Waals surface area contributed by atoms with E-state index in [-0.39, 0.29) is 16.7 Å². The molecule has 0 unspecified atom stereocenters. The van der Waals surface area contributed by atoms with Crippen molar-refractivity contribution in [2.24, 2.45) is 0 Å². The second-order valence-electron chi connectivity index (χ2n) is 4.85. The lowest BCUT2D eigenvalue weighted by Gasteiger charge is -2.21. The molecule has 0 aliphatic heterocycles. The number of nitrogens with zero attached hydrogens (tertiary/aromatic N) is 2. The fourth-order valence-electron chi connectivity index (χ4n) is 2.04. The summed E-state index contributed by atoms with van der Waals surface area (Å²) in [6.45, 7) is 2.86. The number of nitrogens with one attached hydrogen (secondary N) is 1. The van der Waals surface area contributed by atoms with E-state index in [0.29, 0.717) is 18.8 Å². The highest BCUT2D eigenvalue weighted by atomic mass is 35.5. The van der Waals surface area contributed by atoms with Crippen molar-refractivity contribution in [3.8, 4) is 0 Å². The van der Waals surface area contributed by atoms with Gasteiger partial charge in [-0.2, -0.15) is 0 Å². The first-order valence-corrected chi connectivity index (χ1v) is 7.43. The molecule has 0 atom stereocenters. The first kappa shape index (κ1) is 16.8. The van der Waals surface area contributed by atoms with Crippen LogP contribution in [0.2, 0.25) is 5.02 Å². The fraction of sp³-hybridized carbons (Fsp3) is 0.188. The van der Waals surface area contributed by atoms with Gasteiger partial charge in [-0.25, -0.2) is 4.79 Å². The molecule has 0 bridgehead atoms. The van der Waals surface area contributed by atoms with Crippen LogP contribution in [-0.2, 0) is 6.54 Å². The smallest absolute Gasteiger partial charge is 0.320 e. The number of anilines is 1. The van der Waals surface area contributed by atoms with Crippen LogP contribution in [0.25, 0.3) is 0 Å². The minimum atomic E-state index is -0.536. The van der Waals surface area contributed by atoms with Crippen molar-refractivity contribution in [2.45, 2.75) is 13.5 Å². The molecule has 23 heavy (non-hydrogen) atoms. The van der Waals surface area contributed by atoms with Crippen LogP contribution in [0, 0.1) is 10.1 Å². The van der Waals surface area contributed by atoms with Crippen LogP contribution < -0.4 is 5.32 Å². The molecule has 0 saturated heterocycles. The summed E-state index contributed by atoms with van der Waals surface area (Å²) in [7, 11) is 0. The first-order chi connectivity index (χ1) is 11.0. The largest absolute Gasteiger partial charge is 0.322 e. The molecule has 7 heteroatoms. The normalized spacial score (nSPS) is 10.2. The third-order valence-electron chi connectivity index (χ3n) is 3.29. The highest BCUT2D eigenvalue weighted by molar-refractivity contribution is 6.33. The number of nitro groups is 1. The number of carbonyl (C=O) groups excluding carboxylic acids is 1. The number of urea groups is 1. The monoisotopic (exact) mass is 333 g/mol. The van der Waals surface area contributed by atoms with Gasteiger partial charge >= 0.3 is 6.03 Å². The maximum atomic E-state index is 12.3. The summed E-state index contributed by atoms with van der Waals surface area (Å²) in [6, 6.07) is 13.2. The average molecular weight is 334 g/mol. The molecular weight excluding hydrogens is 318 g/mol. The van der Waals surface area contributed by atoms with Crippen LogP contribution in [0.1, 0.15) is 12.5 Å².